The van der Waals surface area contributed by atoms with E-state index in [2.05, 4.69) is 15.3 Å². The van der Waals surface area contributed by atoms with Gasteiger partial charge in [-0.3, -0.25) is 4.79 Å². The number of H-pyrrole nitrogens is 1. The number of amides is 1. The number of hydrogen-bond acceptors (Lipinski definition) is 4. The second-order valence-electron chi connectivity index (χ2n) is 5.93. The third-order valence-electron chi connectivity index (χ3n) is 3.90. The van der Waals surface area contributed by atoms with E-state index in [1.54, 1.807) is 18.2 Å². The summed E-state index contributed by atoms with van der Waals surface area (Å²) < 4.78 is 18.7. The molecule has 26 heavy (non-hydrogen) atoms. The summed E-state index contributed by atoms with van der Waals surface area (Å²) in [6.45, 7) is 0.893. The van der Waals surface area contributed by atoms with Crippen molar-refractivity contribution >= 4 is 22.6 Å². The largest absolute Gasteiger partial charge is 0.491 e. The van der Waals surface area contributed by atoms with Crippen LogP contribution >= 0.6 is 0 Å². The molecule has 0 spiro atoms. The minimum absolute atomic E-state index is 0.0446. The fraction of sp³-hybridized carbons (Fsp3) is 0.263. The number of benzene rings is 2. The highest BCUT2D eigenvalue weighted by Crippen LogP contribution is 2.19. The molecule has 0 saturated heterocycles. The summed E-state index contributed by atoms with van der Waals surface area (Å²) in [4.78, 5) is 19.3. The van der Waals surface area contributed by atoms with Crippen LogP contribution < -0.4 is 15.8 Å². The van der Waals surface area contributed by atoms with Gasteiger partial charge in [0.2, 0.25) is 5.91 Å². The Hall–Kier alpha value is -3.09. The summed E-state index contributed by atoms with van der Waals surface area (Å²) in [7, 11) is 0. The zero-order chi connectivity index (χ0) is 18.4. The standard InChI is InChI=1S/C19H21FN4O2/c20-13-7-8-15-16(12-13)24-18(23-15)9-10-22-19(25)6-3-11-26-17-5-2-1-4-14(17)21/h1-2,4-5,7-8,12H,3,6,9-11,21H2,(H,22,25)(H,23,24). The van der Waals surface area contributed by atoms with E-state index in [4.69, 9.17) is 10.5 Å². The van der Waals surface area contributed by atoms with E-state index >= 15 is 0 Å². The molecule has 0 atom stereocenters. The van der Waals surface area contributed by atoms with Crippen LogP contribution in [0, 0.1) is 5.82 Å². The first-order chi connectivity index (χ1) is 12.6. The molecule has 4 N–H and O–H groups in total. The number of nitrogen functional groups attached to an aromatic ring is 1. The van der Waals surface area contributed by atoms with E-state index in [1.807, 2.05) is 12.1 Å². The minimum atomic E-state index is -0.305. The molecule has 0 saturated carbocycles. The maximum absolute atomic E-state index is 13.2. The summed E-state index contributed by atoms with van der Waals surface area (Å²) in [6, 6.07) is 11.7. The van der Waals surface area contributed by atoms with Crippen molar-refractivity contribution in [3.05, 3.63) is 54.1 Å². The van der Waals surface area contributed by atoms with E-state index in [0.717, 1.165) is 0 Å². The molecule has 3 rings (SSSR count). The highest BCUT2D eigenvalue weighted by molar-refractivity contribution is 5.76. The first-order valence-electron chi connectivity index (χ1n) is 8.50. The smallest absolute Gasteiger partial charge is 0.220 e. The van der Waals surface area contributed by atoms with Gasteiger partial charge in [0, 0.05) is 19.4 Å². The van der Waals surface area contributed by atoms with Gasteiger partial charge < -0.3 is 20.8 Å². The first kappa shape index (κ1) is 17.7. The van der Waals surface area contributed by atoms with Gasteiger partial charge in [-0.1, -0.05) is 12.1 Å². The molecule has 1 aromatic heterocycles. The highest BCUT2D eigenvalue weighted by atomic mass is 19.1. The topological polar surface area (TPSA) is 93.0 Å². The minimum Gasteiger partial charge on any atom is -0.491 e. The predicted octanol–water partition coefficient (Wildman–Crippen LogP) is 2.80. The highest BCUT2D eigenvalue weighted by Gasteiger charge is 2.06. The predicted molar refractivity (Wildman–Crippen MR) is 98.3 cm³/mol. The fourth-order valence-corrected chi connectivity index (χ4v) is 2.59. The van der Waals surface area contributed by atoms with Crippen molar-refractivity contribution in [1.29, 1.82) is 0 Å². The van der Waals surface area contributed by atoms with Gasteiger partial charge in [0.1, 0.15) is 17.4 Å². The second kappa shape index (κ2) is 8.33. The Labute approximate surface area is 150 Å². The summed E-state index contributed by atoms with van der Waals surface area (Å²) in [5.41, 5.74) is 7.74. The van der Waals surface area contributed by atoms with Gasteiger partial charge in [-0.25, -0.2) is 9.37 Å². The molecule has 1 amide bonds. The number of anilines is 1. The molecule has 0 aliphatic heterocycles. The molecule has 6 nitrogen and oxygen atoms in total. The third kappa shape index (κ3) is 4.72. The zero-order valence-corrected chi connectivity index (χ0v) is 14.3. The maximum Gasteiger partial charge on any atom is 0.220 e. The van der Waals surface area contributed by atoms with Crippen molar-refractivity contribution in [2.45, 2.75) is 19.3 Å². The number of nitrogens with zero attached hydrogens (tertiary/aromatic N) is 1. The van der Waals surface area contributed by atoms with Crippen molar-refractivity contribution in [2.24, 2.45) is 0 Å². The molecule has 0 aliphatic rings. The number of rotatable bonds is 8. The number of imidazole rings is 1. The summed E-state index contributed by atoms with van der Waals surface area (Å²) in [5, 5.41) is 2.84. The Bertz CT molecular complexity index is 894. The molecule has 0 fully saturated rings. The van der Waals surface area contributed by atoms with Gasteiger partial charge in [-0.2, -0.15) is 0 Å². The molecule has 2 aromatic carbocycles. The number of carbonyl (C=O) groups is 1. The lowest BCUT2D eigenvalue weighted by Crippen LogP contribution is -2.26. The Morgan fingerprint density at radius 1 is 1.27 bits per heavy atom. The van der Waals surface area contributed by atoms with E-state index < -0.39 is 0 Å². The third-order valence-corrected chi connectivity index (χ3v) is 3.90. The monoisotopic (exact) mass is 356 g/mol. The number of nitrogens with two attached hydrogens (primary N) is 1. The first-order valence-corrected chi connectivity index (χ1v) is 8.50. The van der Waals surface area contributed by atoms with E-state index in [0.29, 0.717) is 60.7 Å². The van der Waals surface area contributed by atoms with Crippen LogP contribution in [0.5, 0.6) is 5.75 Å². The lowest BCUT2D eigenvalue weighted by atomic mass is 10.3. The SMILES string of the molecule is Nc1ccccc1OCCCC(=O)NCCc1nc2ccc(F)cc2[nH]1. The molecule has 1 heterocycles. The molecule has 0 aliphatic carbocycles. The van der Waals surface area contributed by atoms with Crippen LogP contribution in [0.1, 0.15) is 18.7 Å². The van der Waals surface area contributed by atoms with Crippen molar-refractivity contribution < 1.29 is 13.9 Å². The van der Waals surface area contributed by atoms with Crippen LogP contribution in [-0.2, 0) is 11.2 Å². The number of aromatic amines is 1. The van der Waals surface area contributed by atoms with Crippen molar-refractivity contribution in [2.75, 3.05) is 18.9 Å². The normalized spacial score (nSPS) is 10.8. The van der Waals surface area contributed by atoms with Crippen LogP contribution in [0.25, 0.3) is 11.0 Å². The Balaban J connectivity index is 1.35. The van der Waals surface area contributed by atoms with Gasteiger partial charge in [0.05, 0.1) is 23.3 Å². The van der Waals surface area contributed by atoms with E-state index in [9.17, 15) is 9.18 Å². The molecule has 0 bridgehead atoms. The van der Waals surface area contributed by atoms with Crippen LogP contribution in [0.4, 0.5) is 10.1 Å². The molecule has 7 heteroatoms. The molecule has 3 aromatic rings. The molecule has 136 valence electrons. The average Bonchev–Trinajstić information content (AvgIpc) is 3.02. The van der Waals surface area contributed by atoms with Crippen LogP contribution in [-0.4, -0.2) is 29.0 Å². The van der Waals surface area contributed by atoms with Gasteiger partial charge in [-0.05, 0) is 36.8 Å². The number of hydrogen-bond donors (Lipinski definition) is 3. The molecular formula is C19H21FN4O2. The Morgan fingerprint density at radius 3 is 2.96 bits per heavy atom. The molecule has 0 unspecified atom stereocenters. The van der Waals surface area contributed by atoms with E-state index in [1.165, 1.54) is 12.1 Å². The summed E-state index contributed by atoms with van der Waals surface area (Å²) >= 11 is 0. The number of aromatic nitrogens is 2. The molecule has 0 radical (unpaired) electrons. The number of fused-ring (bicyclic) bond motifs is 1. The van der Waals surface area contributed by atoms with Gasteiger partial charge in [0.15, 0.2) is 0 Å². The second-order valence-corrected chi connectivity index (χ2v) is 5.93. The Morgan fingerprint density at radius 2 is 2.12 bits per heavy atom. The van der Waals surface area contributed by atoms with Gasteiger partial charge in [0.25, 0.3) is 0 Å². The van der Waals surface area contributed by atoms with Gasteiger partial charge in [-0.15, -0.1) is 0 Å². The quantitative estimate of drug-likeness (QED) is 0.427. The number of para-hydroxylation sites is 2. The maximum atomic E-state index is 13.2. The molecular weight excluding hydrogens is 335 g/mol. The van der Waals surface area contributed by atoms with Crippen LogP contribution in [0.15, 0.2) is 42.5 Å². The van der Waals surface area contributed by atoms with Crippen LogP contribution in [0.2, 0.25) is 0 Å². The Kier molecular flexibility index (Phi) is 5.68. The number of carbonyl (C=O) groups excluding carboxylic acids is 1. The van der Waals surface area contributed by atoms with Crippen molar-refractivity contribution in [1.82, 2.24) is 15.3 Å². The number of nitrogens with one attached hydrogen (secondary N) is 2. The van der Waals surface area contributed by atoms with Gasteiger partial charge >= 0.3 is 0 Å². The lowest BCUT2D eigenvalue weighted by Gasteiger charge is -2.08. The van der Waals surface area contributed by atoms with Crippen molar-refractivity contribution in [3.63, 3.8) is 0 Å². The van der Waals surface area contributed by atoms with E-state index in [-0.39, 0.29) is 11.7 Å². The number of halogens is 1. The lowest BCUT2D eigenvalue weighted by molar-refractivity contribution is -0.121. The fourth-order valence-electron chi connectivity index (χ4n) is 2.59. The average molecular weight is 356 g/mol. The number of ether oxygens (including phenoxy) is 1. The van der Waals surface area contributed by atoms with Crippen LogP contribution in [0.3, 0.4) is 0 Å². The summed E-state index contributed by atoms with van der Waals surface area (Å²) in [6.07, 6.45) is 1.53. The zero-order valence-electron chi connectivity index (χ0n) is 14.3. The summed E-state index contributed by atoms with van der Waals surface area (Å²) in [5.74, 6) is 1.00. The van der Waals surface area contributed by atoms with Crippen molar-refractivity contribution in [3.8, 4) is 5.75 Å².